The van der Waals surface area contributed by atoms with Gasteiger partial charge < -0.3 is 14.2 Å². The molecule has 0 aromatic heterocycles. The summed E-state index contributed by atoms with van der Waals surface area (Å²) in [4.78, 5) is 12.4. The van der Waals surface area contributed by atoms with Gasteiger partial charge in [-0.05, 0) is 49.2 Å². The Hall–Kier alpha value is -2.73. The topological polar surface area (TPSA) is 69.2 Å². The first-order chi connectivity index (χ1) is 13.6. The van der Waals surface area contributed by atoms with Crippen molar-refractivity contribution >= 4 is 23.7 Å². The van der Waals surface area contributed by atoms with Crippen LogP contribution in [0.2, 0.25) is 5.02 Å². The monoisotopic (exact) mass is 404 g/mol. The third-order valence-corrected chi connectivity index (χ3v) is 3.93. The van der Waals surface area contributed by atoms with Crippen molar-refractivity contribution in [1.29, 1.82) is 0 Å². The fraction of sp³-hybridized carbons (Fsp3) is 0.333. The van der Waals surface area contributed by atoms with Gasteiger partial charge in [0.25, 0.3) is 5.91 Å². The molecule has 2 rings (SSSR count). The molecule has 0 bridgehead atoms. The Morgan fingerprint density at radius 3 is 2.39 bits per heavy atom. The summed E-state index contributed by atoms with van der Waals surface area (Å²) in [5.74, 6) is 1.38. The molecule has 28 heavy (non-hydrogen) atoms. The van der Waals surface area contributed by atoms with Gasteiger partial charge in [-0.2, -0.15) is 5.10 Å². The van der Waals surface area contributed by atoms with Crippen LogP contribution in [0.1, 0.15) is 42.6 Å². The number of hydrogen-bond acceptors (Lipinski definition) is 5. The van der Waals surface area contributed by atoms with Gasteiger partial charge in [0.2, 0.25) is 0 Å². The summed E-state index contributed by atoms with van der Waals surface area (Å²) in [6, 6.07) is 10.2. The molecule has 150 valence electrons. The normalized spacial score (nSPS) is 10.7. The molecule has 0 spiro atoms. The molecular formula is C21H25ClN2O4. The van der Waals surface area contributed by atoms with Crippen LogP contribution in [-0.2, 0) is 0 Å². The molecule has 0 saturated heterocycles. The smallest absolute Gasteiger partial charge is 0.271 e. The number of carbonyl (C=O) groups excluding carboxylic acids is 1. The number of rotatable bonds is 10. The lowest BCUT2D eigenvalue weighted by molar-refractivity contribution is 0.0954. The lowest BCUT2D eigenvalue weighted by Gasteiger charge is -2.11. The number of hydrogen-bond donors (Lipinski definition) is 1. The van der Waals surface area contributed by atoms with Gasteiger partial charge in [-0.15, -0.1) is 0 Å². The summed E-state index contributed by atoms with van der Waals surface area (Å²) in [5.41, 5.74) is 3.59. The summed E-state index contributed by atoms with van der Waals surface area (Å²) in [6.45, 7) is 5.21. The molecule has 2 aromatic carbocycles. The predicted molar refractivity (Wildman–Crippen MR) is 111 cm³/mol. The van der Waals surface area contributed by atoms with Crippen molar-refractivity contribution in [1.82, 2.24) is 5.43 Å². The van der Waals surface area contributed by atoms with E-state index < -0.39 is 0 Å². The van der Waals surface area contributed by atoms with Crippen LogP contribution in [-0.4, -0.2) is 32.4 Å². The minimum absolute atomic E-state index is 0.366. The van der Waals surface area contributed by atoms with E-state index in [9.17, 15) is 4.79 Å². The summed E-state index contributed by atoms with van der Waals surface area (Å²) >= 11 is 6.04. The quantitative estimate of drug-likeness (QED) is 0.460. The zero-order valence-electron chi connectivity index (χ0n) is 16.3. The van der Waals surface area contributed by atoms with E-state index in [-0.39, 0.29) is 5.91 Å². The molecule has 0 aliphatic rings. The van der Waals surface area contributed by atoms with Gasteiger partial charge >= 0.3 is 0 Å². The highest BCUT2D eigenvalue weighted by Gasteiger charge is 2.11. The van der Waals surface area contributed by atoms with Crippen LogP contribution < -0.4 is 19.6 Å². The van der Waals surface area contributed by atoms with Gasteiger partial charge in [-0.25, -0.2) is 5.43 Å². The zero-order chi connectivity index (χ0) is 20.4. The molecule has 2 aromatic rings. The van der Waals surface area contributed by atoms with Crippen LogP contribution in [0, 0.1) is 0 Å². The zero-order valence-corrected chi connectivity index (χ0v) is 17.1. The lowest BCUT2D eigenvalue weighted by atomic mass is 10.2. The first kappa shape index (κ1) is 21.6. The van der Waals surface area contributed by atoms with Crippen molar-refractivity contribution in [3.05, 3.63) is 52.5 Å². The van der Waals surface area contributed by atoms with Gasteiger partial charge in [0.15, 0.2) is 11.5 Å². The summed E-state index contributed by atoms with van der Waals surface area (Å²) in [7, 11) is 1.53. The second-order valence-electron chi connectivity index (χ2n) is 5.94. The SMILES string of the molecule is CCCOc1ccc(Cl)cc1/C=N/NC(=O)c1ccc(OCCC)c(OC)c1. The van der Waals surface area contributed by atoms with E-state index >= 15 is 0 Å². The van der Waals surface area contributed by atoms with Gasteiger partial charge in [0.05, 0.1) is 26.5 Å². The first-order valence-corrected chi connectivity index (χ1v) is 9.53. The van der Waals surface area contributed by atoms with E-state index in [1.54, 1.807) is 36.4 Å². The Morgan fingerprint density at radius 2 is 1.71 bits per heavy atom. The molecule has 0 atom stereocenters. The van der Waals surface area contributed by atoms with Crippen molar-refractivity contribution < 1.29 is 19.0 Å². The summed E-state index contributed by atoms with van der Waals surface area (Å²) in [5, 5.41) is 4.58. The molecule has 0 aliphatic carbocycles. The maximum Gasteiger partial charge on any atom is 0.271 e. The Bertz CT molecular complexity index is 824. The molecule has 0 heterocycles. The van der Waals surface area contributed by atoms with Gasteiger partial charge in [0, 0.05) is 16.1 Å². The van der Waals surface area contributed by atoms with Crippen LogP contribution in [0.5, 0.6) is 17.2 Å². The molecular weight excluding hydrogens is 380 g/mol. The van der Waals surface area contributed by atoms with Crippen LogP contribution in [0.25, 0.3) is 0 Å². The van der Waals surface area contributed by atoms with E-state index in [1.807, 2.05) is 13.8 Å². The van der Waals surface area contributed by atoms with E-state index in [1.165, 1.54) is 13.3 Å². The summed E-state index contributed by atoms with van der Waals surface area (Å²) in [6.07, 6.45) is 3.27. The number of benzene rings is 2. The average Bonchev–Trinajstić information content (AvgIpc) is 2.71. The molecule has 6 nitrogen and oxygen atoms in total. The number of hydrazone groups is 1. The number of amides is 1. The predicted octanol–water partition coefficient (Wildman–Crippen LogP) is 4.69. The Labute approximate surface area is 170 Å². The Balaban J connectivity index is 2.08. The second-order valence-corrected chi connectivity index (χ2v) is 6.38. The van der Waals surface area contributed by atoms with Crippen molar-refractivity contribution in [2.75, 3.05) is 20.3 Å². The van der Waals surface area contributed by atoms with Crippen molar-refractivity contribution in [3.8, 4) is 17.2 Å². The number of halogens is 1. The molecule has 1 N–H and O–H groups in total. The van der Waals surface area contributed by atoms with Crippen LogP contribution >= 0.6 is 11.6 Å². The van der Waals surface area contributed by atoms with Gasteiger partial charge in [-0.1, -0.05) is 25.4 Å². The standard InChI is InChI=1S/C21H25ClN2O4/c1-4-10-27-18-9-7-17(22)12-16(18)14-23-24-21(25)15-6-8-19(28-11-5-2)20(13-15)26-3/h6-9,12-14H,4-5,10-11H2,1-3H3,(H,24,25)/b23-14+. The number of methoxy groups -OCH3 is 1. The van der Waals surface area contributed by atoms with Crippen molar-refractivity contribution in [2.24, 2.45) is 5.10 Å². The molecule has 0 aliphatic heterocycles. The molecule has 0 unspecified atom stereocenters. The fourth-order valence-electron chi connectivity index (χ4n) is 2.33. The third-order valence-electron chi connectivity index (χ3n) is 3.69. The molecule has 1 amide bonds. The van der Waals surface area contributed by atoms with Crippen LogP contribution in [0.15, 0.2) is 41.5 Å². The average molecular weight is 405 g/mol. The first-order valence-electron chi connectivity index (χ1n) is 9.15. The van der Waals surface area contributed by atoms with E-state index in [4.69, 9.17) is 25.8 Å². The van der Waals surface area contributed by atoms with E-state index in [0.717, 1.165) is 12.8 Å². The number of nitrogens with zero attached hydrogens (tertiary/aromatic N) is 1. The summed E-state index contributed by atoms with van der Waals surface area (Å²) < 4.78 is 16.6. The fourth-order valence-corrected chi connectivity index (χ4v) is 2.51. The maximum absolute atomic E-state index is 12.4. The molecule has 0 fully saturated rings. The lowest BCUT2D eigenvalue weighted by Crippen LogP contribution is -2.17. The minimum Gasteiger partial charge on any atom is -0.493 e. The Kier molecular flexibility index (Phi) is 8.62. The highest BCUT2D eigenvalue weighted by atomic mass is 35.5. The minimum atomic E-state index is -0.366. The number of ether oxygens (including phenoxy) is 3. The van der Waals surface area contributed by atoms with Crippen molar-refractivity contribution in [2.45, 2.75) is 26.7 Å². The number of nitrogens with one attached hydrogen (secondary N) is 1. The molecule has 0 radical (unpaired) electrons. The number of carbonyl (C=O) groups is 1. The van der Waals surface area contributed by atoms with Gasteiger partial charge in [0.1, 0.15) is 5.75 Å². The molecule has 7 heteroatoms. The molecule has 0 saturated carbocycles. The van der Waals surface area contributed by atoms with Gasteiger partial charge in [-0.3, -0.25) is 4.79 Å². The maximum atomic E-state index is 12.4. The van der Waals surface area contributed by atoms with Crippen LogP contribution in [0.4, 0.5) is 0 Å². The Morgan fingerprint density at radius 1 is 1.04 bits per heavy atom. The van der Waals surface area contributed by atoms with E-state index in [2.05, 4.69) is 10.5 Å². The van der Waals surface area contributed by atoms with Crippen LogP contribution in [0.3, 0.4) is 0 Å². The third kappa shape index (κ3) is 6.16. The van der Waals surface area contributed by atoms with Crippen molar-refractivity contribution in [3.63, 3.8) is 0 Å². The second kappa shape index (κ2) is 11.2. The highest BCUT2D eigenvalue weighted by molar-refractivity contribution is 6.30. The highest BCUT2D eigenvalue weighted by Crippen LogP contribution is 2.28. The van der Waals surface area contributed by atoms with E-state index in [0.29, 0.717) is 46.6 Å². The largest absolute Gasteiger partial charge is 0.493 e.